The van der Waals surface area contributed by atoms with E-state index in [1.165, 1.54) is 24.4 Å². The van der Waals surface area contributed by atoms with Crippen LogP contribution in [-0.4, -0.2) is 16.3 Å². The number of aromatic amines is 1. The van der Waals surface area contributed by atoms with Gasteiger partial charge in [-0.3, -0.25) is 9.79 Å². The number of hydrogen-bond acceptors (Lipinski definition) is 3. The van der Waals surface area contributed by atoms with E-state index in [0.717, 1.165) is 0 Å². The van der Waals surface area contributed by atoms with E-state index >= 15 is 0 Å². The Hall–Kier alpha value is -1.72. The highest BCUT2D eigenvalue weighted by atomic mass is 35.5. The number of H-pyrrole nitrogens is 1. The second kappa shape index (κ2) is 6.65. The molecular formula is C16H8Cl4N2O2. The third-order valence-corrected chi connectivity index (χ3v) is 4.50. The number of aromatic nitrogens is 1. The van der Waals surface area contributed by atoms with Crippen LogP contribution in [0.4, 0.5) is 5.69 Å². The van der Waals surface area contributed by atoms with Crippen molar-refractivity contribution in [3.63, 3.8) is 0 Å². The van der Waals surface area contributed by atoms with Crippen molar-refractivity contribution in [1.82, 2.24) is 4.98 Å². The van der Waals surface area contributed by atoms with E-state index in [1.807, 2.05) is 0 Å². The molecule has 0 unspecified atom stereocenters. The van der Waals surface area contributed by atoms with Crippen molar-refractivity contribution in [2.45, 2.75) is 0 Å². The number of nitrogens with one attached hydrogen (secondary N) is 1. The highest BCUT2D eigenvalue weighted by molar-refractivity contribution is 6.40. The largest absolute Gasteiger partial charge is 0.506 e. The minimum absolute atomic E-state index is 0.0669. The Morgan fingerprint density at radius 2 is 1.67 bits per heavy atom. The molecule has 1 heterocycles. The molecule has 0 radical (unpaired) electrons. The summed E-state index contributed by atoms with van der Waals surface area (Å²) in [5.74, 6) is -0.317. The van der Waals surface area contributed by atoms with E-state index in [4.69, 9.17) is 46.4 Å². The lowest BCUT2D eigenvalue weighted by molar-refractivity contribution is 0.479. The van der Waals surface area contributed by atoms with E-state index in [0.29, 0.717) is 15.7 Å². The van der Waals surface area contributed by atoms with Crippen LogP contribution in [0.15, 0.2) is 40.1 Å². The number of aromatic hydroxyl groups is 1. The molecule has 0 bridgehead atoms. The molecule has 0 spiro atoms. The molecule has 8 heteroatoms. The second-order valence-corrected chi connectivity index (χ2v) is 6.51. The zero-order chi connectivity index (χ0) is 17.4. The summed E-state index contributed by atoms with van der Waals surface area (Å²) >= 11 is 24.0. The molecule has 24 heavy (non-hydrogen) atoms. The zero-order valence-corrected chi connectivity index (χ0v) is 14.8. The molecule has 2 N–H and O–H groups in total. The van der Waals surface area contributed by atoms with Gasteiger partial charge < -0.3 is 10.1 Å². The Labute approximate surface area is 156 Å². The molecule has 0 amide bonds. The summed E-state index contributed by atoms with van der Waals surface area (Å²) in [4.78, 5) is 18.9. The molecule has 4 nitrogen and oxygen atoms in total. The average molecular weight is 402 g/mol. The maximum absolute atomic E-state index is 12.2. The number of hydrogen-bond donors (Lipinski definition) is 2. The van der Waals surface area contributed by atoms with Gasteiger partial charge in [0.15, 0.2) is 0 Å². The fraction of sp³-hybridized carbons (Fsp3) is 0. The Morgan fingerprint density at radius 1 is 1.00 bits per heavy atom. The highest BCUT2D eigenvalue weighted by Gasteiger charge is 2.15. The molecule has 0 aliphatic carbocycles. The van der Waals surface area contributed by atoms with Crippen LogP contribution in [-0.2, 0) is 0 Å². The molecule has 0 atom stereocenters. The maximum atomic E-state index is 12.2. The number of halogens is 4. The Morgan fingerprint density at radius 3 is 2.42 bits per heavy atom. The van der Waals surface area contributed by atoms with E-state index in [1.54, 1.807) is 12.1 Å². The number of fused-ring (bicyclic) bond motifs is 1. The molecule has 3 rings (SSSR count). The van der Waals surface area contributed by atoms with Gasteiger partial charge in [-0.2, -0.15) is 0 Å². The van der Waals surface area contributed by atoms with Gasteiger partial charge in [0.2, 0.25) is 0 Å². The summed E-state index contributed by atoms with van der Waals surface area (Å²) in [7, 11) is 0. The predicted octanol–water partition coefficient (Wildman–Crippen LogP) is 5.60. The summed E-state index contributed by atoms with van der Waals surface area (Å²) < 4.78 is 0. The number of benzene rings is 2. The van der Waals surface area contributed by atoms with E-state index < -0.39 is 5.56 Å². The summed E-state index contributed by atoms with van der Waals surface area (Å²) in [6.07, 6.45) is 1.20. The molecule has 122 valence electrons. The van der Waals surface area contributed by atoms with Gasteiger partial charge in [0.25, 0.3) is 5.56 Å². The standard InChI is InChI=1S/C16H8Cl4N2O2/c17-7-1-2-9(18)12(5-7)21-6-8-15(23)13-10(19)3-4-11(20)14(13)22-16(8)24/h1-6H,(H2,22,23,24). The fourth-order valence-corrected chi connectivity index (χ4v) is 2.95. The smallest absolute Gasteiger partial charge is 0.261 e. The van der Waals surface area contributed by atoms with Crippen LogP contribution in [0, 0.1) is 0 Å². The van der Waals surface area contributed by atoms with Crippen molar-refractivity contribution in [1.29, 1.82) is 0 Å². The monoisotopic (exact) mass is 400 g/mol. The average Bonchev–Trinajstić information content (AvgIpc) is 2.53. The first-order chi connectivity index (χ1) is 11.4. The minimum Gasteiger partial charge on any atom is -0.506 e. The van der Waals surface area contributed by atoms with Crippen molar-refractivity contribution >= 4 is 69.2 Å². The lowest BCUT2D eigenvalue weighted by Crippen LogP contribution is -2.12. The molecule has 3 aromatic rings. The Balaban J connectivity index is 2.20. The van der Waals surface area contributed by atoms with E-state index in [2.05, 4.69) is 9.98 Å². The lowest BCUT2D eigenvalue weighted by Gasteiger charge is -2.07. The summed E-state index contributed by atoms with van der Waals surface area (Å²) in [5, 5.41) is 12.0. The molecule has 2 aromatic carbocycles. The Bertz CT molecular complexity index is 1040. The van der Waals surface area contributed by atoms with Crippen molar-refractivity contribution in [3.05, 3.63) is 66.3 Å². The molecule has 0 saturated heterocycles. The number of nitrogens with zero attached hydrogens (tertiary/aromatic N) is 1. The van der Waals surface area contributed by atoms with Crippen LogP contribution in [0.5, 0.6) is 5.75 Å². The van der Waals surface area contributed by atoms with Gasteiger partial charge in [-0.15, -0.1) is 0 Å². The van der Waals surface area contributed by atoms with Gasteiger partial charge >= 0.3 is 0 Å². The summed E-state index contributed by atoms with van der Waals surface area (Å²) in [5.41, 5.74) is -0.0152. The predicted molar refractivity (Wildman–Crippen MR) is 100.0 cm³/mol. The van der Waals surface area contributed by atoms with Gasteiger partial charge in [-0.1, -0.05) is 46.4 Å². The minimum atomic E-state index is -0.564. The second-order valence-electron chi connectivity index (χ2n) is 4.85. The molecule has 1 aromatic heterocycles. The summed E-state index contributed by atoms with van der Waals surface area (Å²) in [6.45, 7) is 0. The van der Waals surface area contributed by atoms with Crippen molar-refractivity contribution in [2.24, 2.45) is 4.99 Å². The first-order valence-corrected chi connectivity index (χ1v) is 8.11. The quantitative estimate of drug-likeness (QED) is 0.549. The highest BCUT2D eigenvalue weighted by Crippen LogP contribution is 2.35. The van der Waals surface area contributed by atoms with Crippen molar-refractivity contribution in [3.8, 4) is 5.75 Å². The summed E-state index contributed by atoms with van der Waals surface area (Å²) in [6, 6.07) is 7.79. The van der Waals surface area contributed by atoms with Crippen LogP contribution in [0.2, 0.25) is 20.1 Å². The number of pyridine rings is 1. The lowest BCUT2D eigenvalue weighted by atomic mass is 10.1. The van der Waals surface area contributed by atoms with E-state index in [-0.39, 0.29) is 32.3 Å². The van der Waals surface area contributed by atoms with Crippen LogP contribution in [0.1, 0.15) is 5.56 Å². The maximum Gasteiger partial charge on any atom is 0.261 e. The SMILES string of the molecule is O=c1[nH]c2c(Cl)ccc(Cl)c2c(O)c1C=Nc1cc(Cl)ccc1Cl. The van der Waals surface area contributed by atoms with Crippen molar-refractivity contribution < 1.29 is 5.11 Å². The van der Waals surface area contributed by atoms with E-state index in [9.17, 15) is 9.90 Å². The molecular weight excluding hydrogens is 394 g/mol. The van der Waals surface area contributed by atoms with Crippen LogP contribution < -0.4 is 5.56 Å². The molecule has 0 fully saturated rings. The van der Waals surface area contributed by atoms with Gasteiger partial charge in [0, 0.05) is 11.2 Å². The van der Waals surface area contributed by atoms with Crippen LogP contribution in [0.3, 0.4) is 0 Å². The third kappa shape index (κ3) is 3.10. The first kappa shape index (κ1) is 17.1. The van der Waals surface area contributed by atoms with Gasteiger partial charge in [0.1, 0.15) is 11.3 Å². The zero-order valence-electron chi connectivity index (χ0n) is 11.8. The first-order valence-electron chi connectivity index (χ1n) is 6.60. The normalized spacial score (nSPS) is 11.5. The molecule has 0 aliphatic rings. The van der Waals surface area contributed by atoms with Crippen LogP contribution in [0.25, 0.3) is 10.9 Å². The molecule has 0 saturated carbocycles. The van der Waals surface area contributed by atoms with Crippen LogP contribution >= 0.6 is 46.4 Å². The molecule has 0 aliphatic heterocycles. The van der Waals surface area contributed by atoms with Gasteiger partial charge in [-0.25, -0.2) is 0 Å². The van der Waals surface area contributed by atoms with Gasteiger partial charge in [0.05, 0.1) is 31.7 Å². The topological polar surface area (TPSA) is 65.5 Å². The van der Waals surface area contributed by atoms with Gasteiger partial charge in [-0.05, 0) is 30.3 Å². The Kier molecular flexibility index (Phi) is 4.74. The number of rotatable bonds is 2. The van der Waals surface area contributed by atoms with Crippen molar-refractivity contribution in [2.75, 3.05) is 0 Å². The third-order valence-electron chi connectivity index (χ3n) is 3.32. The fourth-order valence-electron chi connectivity index (χ4n) is 2.17. The number of aliphatic imine (C=N–C) groups is 1.